The largest absolute Gasteiger partial charge is 0.392 e. The van der Waals surface area contributed by atoms with E-state index in [1.165, 1.54) is 4.90 Å². The topological polar surface area (TPSA) is 69.6 Å². The number of amides is 2. The average molecular weight is 214 g/mol. The number of aliphatic hydroxyl groups excluding tert-OH is 1. The SMILES string of the molecule is CC(O)CN1CC(C(C)C)NC(=O)C1=O. The summed E-state index contributed by atoms with van der Waals surface area (Å²) in [5.74, 6) is -0.841. The van der Waals surface area contributed by atoms with Crippen LogP contribution in [0, 0.1) is 5.92 Å². The van der Waals surface area contributed by atoms with E-state index < -0.39 is 17.9 Å². The van der Waals surface area contributed by atoms with Gasteiger partial charge in [-0.25, -0.2) is 0 Å². The van der Waals surface area contributed by atoms with Crippen molar-refractivity contribution in [2.45, 2.75) is 32.9 Å². The monoisotopic (exact) mass is 214 g/mol. The molecule has 5 nitrogen and oxygen atoms in total. The van der Waals surface area contributed by atoms with Crippen molar-refractivity contribution in [3.05, 3.63) is 0 Å². The van der Waals surface area contributed by atoms with Crippen LogP contribution in [0.25, 0.3) is 0 Å². The molecule has 2 amide bonds. The summed E-state index contributed by atoms with van der Waals surface area (Å²) >= 11 is 0. The van der Waals surface area contributed by atoms with E-state index >= 15 is 0 Å². The molecule has 1 aliphatic rings. The maximum Gasteiger partial charge on any atom is 0.312 e. The molecule has 0 aromatic carbocycles. The van der Waals surface area contributed by atoms with Crippen LogP contribution in [0.5, 0.6) is 0 Å². The average Bonchev–Trinajstić information content (AvgIpc) is 2.11. The van der Waals surface area contributed by atoms with Gasteiger partial charge in [-0.15, -0.1) is 0 Å². The fourth-order valence-electron chi connectivity index (χ4n) is 1.59. The molecule has 2 unspecified atom stereocenters. The van der Waals surface area contributed by atoms with Crippen molar-refractivity contribution in [1.29, 1.82) is 0 Å². The highest BCUT2D eigenvalue weighted by molar-refractivity contribution is 6.35. The molecule has 2 N–H and O–H groups in total. The minimum atomic E-state index is -0.604. The maximum absolute atomic E-state index is 11.4. The van der Waals surface area contributed by atoms with Crippen molar-refractivity contribution in [1.82, 2.24) is 10.2 Å². The fourth-order valence-corrected chi connectivity index (χ4v) is 1.59. The van der Waals surface area contributed by atoms with Gasteiger partial charge in [0.25, 0.3) is 0 Å². The number of hydrogen-bond acceptors (Lipinski definition) is 3. The second-order valence-electron chi connectivity index (χ2n) is 4.38. The Kier molecular flexibility index (Phi) is 3.68. The van der Waals surface area contributed by atoms with E-state index in [0.29, 0.717) is 6.54 Å². The molecule has 15 heavy (non-hydrogen) atoms. The first kappa shape index (κ1) is 12.0. The van der Waals surface area contributed by atoms with E-state index in [1.807, 2.05) is 13.8 Å². The van der Waals surface area contributed by atoms with E-state index in [9.17, 15) is 14.7 Å². The zero-order valence-electron chi connectivity index (χ0n) is 9.36. The number of nitrogens with zero attached hydrogens (tertiary/aromatic N) is 1. The predicted octanol–water partition coefficient (Wildman–Crippen LogP) is -0.650. The summed E-state index contributed by atoms with van der Waals surface area (Å²) in [5.41, 5.74) is 0. The minimum Gasteiger partial charge on any atom is -0.392 e. The molecule has 1 heterocycles. The number of rotatable bonds is 3. The number of hydrogen-bond donors (Lipinski definition) is 2. The Morgan fingerprint density at radius 1 is 1.47 bits per heavy atom. The standard InChI is InChI=1S/C10H18N2O3/c1-6(2)8-5-12(4-7(3)13)10(15)9(14)11-8/h6-8,13H,4-5H2,1-3H3,(H,11,14). The molecule has 1 saturated heterocycles. The molecular weight excluding hydrogens is 196 g/mol. The molecule has 5 heteroatoms. The number of β-amino-alcohol motifs (C(OH)–C–C–N with tert-alkyl or cyclic N) is 1. The smallest absolute Gasteiger partial charge is 0.312 e. The number of nitrogens with one attached hydrogen (secondary N) is 1. The summed E-state index contributed by atoms with van der Waals surface area (Å²) in [6.45, 7) is 6.27. The van der Waals surface area contributed by atoms with Crippen molar-refractivity contribution >= 4 is 11.8 Å². The molecule has 0 radical (unpaired) electrons. The summed E-state index contributed by atoms with van der Waals surface area (Å²) in [6.07, 6.45) is -0.604. The van der Waals surface area contributed by atoms with Gasteiger partial charge in [0.1, 0.15) is 0 Å². The van der Waals surface area contributed by atoms with Crippen LogP contribution in [0.4, 0.5) is 0 Å². The van der Waals surface area contributed by atoms with Crippen LogP contribution in [0.2, 0.25) is 0 Å². The lowest BCUT2D eigenvalue weighted by Crippen LogP contribution is -2.60. The van der Waals surface area contributed by atoms with Crippen LogP contribution in [-0.4, -0.2) is 47.1 Å². The van der Waals surface area contributed by atoms with Gasteiger partial charge in [0.05, 0.1) is 6.10 Å². The van der Waals surface area contributed by atoms with Crippen LogP contribution in [-0.2, 0) is 9.59 Å². The van der Waals surface area contributed by atoms with Crippen molar-refractivity contribution in [3.8, 4) is 0 Å². The lowest BCUT2D eigenvalue weighted by Gasteiger charge is -2.35. The first-order chi connectivity index (χ1) is 6.91. The van der Waals surface area contributed by atoms with E-state index in [1.54, 1.807) is 6.92 Å². The molecule has 2 atom stereocenters. The zero-order chi connectivity index (χ0) is 11.6. The number of carbonyl (C=O) groups is 2. The van der Waals surface area contributed by atoms with Crippen LogP contribution in [0.3, 0.4) is 0 Å². The van der Waals surface area contributed by atoms with Crippen LogP contribution >= 0.6 is 0 Å². The highest BCUT2D eigenvalue weighted by atomic mass is 16.3. The number of carbonyl (C=O) groups excluding carboxylic acids is 2. The van der Waals surface area contributed by atoms with Gasteiger partial charge in [-0.1, -0.05) is 13.8 Å². The van der Waals surface area contributed by atoms with E-state index in [-0.39, 0.29) is 18.5 Å². The van der Waals surface area contributed by atoms with Gasteiger partial charge in [0.2, 0.25) is 0 Å². The zero-order valence-corrected chi connectivity index (χ0v) is 9.36. The van der Waals surface area contributed by atoms with Crippen LogP contribution in [0.15, 0.2) is 0 Å². The van der Waals surface area contributed by atoms with Crippen LogP contribution < -0.4 is 5.32 Å². The Morgan fingerprint density at radius 2 is 2.07 bits per heavy atom. The normalized spacial score (nSPS) is 24.3. The summed E-state index contributed by atoms with van der Waals surface area (Å²) in [7, 11) is 0. The molecule has 86 valence electrons. The summed E-state index contributed by atoms with van der Waals surface area (Å²) in [4.78, 5) is 24.2. The number of piperazine rings is 1. The molecule has 0 spiro atoms. The molecule has 1 aliphatic heterocycles. The summed E-state index contributed by atoms with van der Waals surface area (Å²) < 4.78 is 0. The van der Waals surface area contributed by atoms with Crippen LogP contribution in [0.1, 0.15) is 20.8 Å². The van der Waals surface area contributed by atoms with Gasteiger partial charge >= 0.3 is 11.8 Å². The Balaban J connectivity index is 2.68. The molecule has 0 saturated carbocycles. The molecule has 0 bridgehead atoms. The third-order valence-corrected chi connectivity index (χ3v) is 2.50. The maximum atomic E-state index is 11.4. The summed E-state index contributed by atoms with van der Waals surface area (Å²) in [6, 6.07) is -0.0195. The summed E-state index contributed by atoms with van der Waals surface area (Å²) in [5, 5.41) is 11.9. The highest BCUT2D eigenvalue weighted by Crippen LogP contribution is 2.10. The predicted molar refractivity (Wildman–Crippen MR) is 55.0 cm³/mol. The first-order valence-corrected chi connectivity index (χ1v) is 5.19. The lowest BCUT2D eigenvalue weighted by atomic mass is 10.0. The molecule has 0 aromatic rings. The van der Waals surface area contributed by atoms with E-state index in [4.69, 9.17) is 0 Å². The molecular formula is C10H18N2O3. The van der Waals surface area contributed by atoms with Gasteiger partial charge in [0.15, 0.2) is 0 Å². The first-order valence-electron chi connectivity index (χ1n) is 5.19. The van der Waals surface area contributed by atoms with Gasteiger partial charge in [0, 0.05) is 19.1 Å². The van der Waals surface area contributed by atoms with Crippen molar-refractivity contribution in [2.75, 3.05) is 13.1 Å². The Labute approximate surface area is 89.4 Å². The molecule has 0 aliphatic carbocycles. The minimum absolute atomic E-state index is 0.0195. The molecule has 1 rings (SSSR count). The molecule has 0 aromatic heterocycles. The van der Waals surface area contributed by atoms with E-state index in [2.05, 4.69) is 5.32 Å². The Morgan fingerprint density at radius 3 is 2.53 bits per heavy atom. The third-order valence-electron chi connectivity index (χ3n) is 2.50. The quantitative estimate of drug-likeness (QED) is 0.613. The molecule has 1 fully saturated rings. The fraction of sp³-hybridized carbons (Fsp3) is 0.800. The van der Waals surface area contributed by atoms with Gasteiger partial charge < -0.3 is 15.3 Å². The lowest BCUT2D eigenvalue weighted by molar-refractivity contribution is -0.150. The second-order valence-corrected chi connectivity index (χ2v) is 4.38. The van der Waals surface area contributed by atoms with E-state index in [0.717, 1.165) is 0 Å². The Bertz CT molecular complexity index is 263. The second kappa shape index (κ2) is 4.61. The third kappa shape index (κ3) is 2.92. The van der Waals surface area contributed by atoms with Crippen molar-refractivity contribution in [3.63, 3.8) is 0 Å². The van der Waals surface area contributed by atoms with Gasteiger partial charge in [-0.05, 0) is 12.8 Å². The Hall–Kier alpha value is -1.10. The van der Waals surface area contributed by atoms with Gasteiger partial charge in [-0.2, -0.15) is 0 Å². The van der Waals surface area contributed by atoms with Gasteiger partial charge in [-0.3, -0.25) is 9.59 Å². The van der Waals surface area contributed by atoms with Crippen molar-refractivity contribution in [2.24, 2.45) is 5.92 Å². The number of aliphatic hydroxyl groups is 1. The highest BCUT2D eigenvalue weighted by Gasteiger charge is 2.33. The van der Waals surface area contributed by atoms with Crippen molar-refractivity contribution < 1.29 is 14.7 Å².